The molecule has 0 saturated heterocycles. The maximum atomic E-state index is 14.7. The number of aliphatic carboxylic acids is 4. The van der Waals surface area contributed by atoms with E-state index in [0.717, 1.165) is 0 Å². The van der Waals surface area contributed by atoms with Gasteiger partial charge in [0, 0.05) is 63.5 Å². The summed E-state index contributed by atoms with van der Waals surface area (Å²) >= 11 is 50.9. The first-order chi connectivity index (χ1) is 54.1. The van der Waals surface area contributed by atoms with E-state index < -0.39 is 60.4 Å². The molecule has 0 atom stereocenters. The van der Waals surface area contributed by atoms with Gasteiger partial charge in [0.25, 0.3) is 11.8 Å². The summed E-state index contributed by atoms with van der Waals surface area (Å²) in [6.07, 6.45) is 0.180. The first-order valence-corrected chi connectivity index (χ1v) is 39.7. The van der Waals surface area contributed by atoms with Crippen molar-refractivity contribution in [3.8, 4) is 23.0 Å². The van der Waals surface area contributed by atoms with Crippen molar-refractivity contribution in [2.24, 2.45) is 23.7 Å². The van der Waals surface area contributed by atoms with Crippen molar-refractivity contribution in [3.63, 3.8) is 0 Å². The van der Waals surface area contributed by atoms with Gasteiger partial charge in [0.15, 0.2) is 23.1 Å². The van der Waals surface area contributed by atoms with Gasteiger partial charge in [0.05, 0.1) is 77.2 Å². The van der Waals surface area contributed by atoms with Crippen LogP contribution in [0.2, 0.25) is 30.1 Å². The molecule has 0 aromatic heterocycles. The van der Waals surface area contributed by atoms with E-state index in [-0.39, 0.29) is 152 Å². The second-order valence-electron chi connectivity index (χ2n) is 25.8. The third-order valence-corrected chi connectivity index (χ3v) is 19.7. The van der Waals surface area contributed by atoms with Crippen LogP contribution in [0.15, 0.2) is 139 Å². The average molecular weight is 1970 g/mol. The topological polar surface area (TPSA) is 361 Å². The Labute approximate surface area is 723 Å². The lowest BCUT2D eigenvalue weighted by atomic mass is 10.1. The molecule has 0 aliphatic carbocycles. The van der Waals surface area contributed by atoms with Gasteiger partial charge in [-0.15, -0.1) is 0 Å². The van der Waals surface area contributed by atoms with Crippen molar-refractivity contribution in [2.45, 2.75) is 101 Å². The first-order valence-electron chi connectivity index (χ1n) is 34.3. The van der Waals surface area contributed by atoms with Gasteiger partial charge < -0.3 is 71.3 Å². The van der Waals surface area contributed by atoms with Gasteiger partial charge >= 0.3 is 23.9 Å². The summed E-state index contributed by atoms with van der Waals surface area (Å²) in [5, 5.41) is 51.4. The minimum absolute atomic E-state index is 0.00681. The van der Waals surface area contributed by atoms with Gasteiger partial charge in [-0.1, -0.05) is 174 Å². The van der Waals surface area contributed by atoms with Crippen molar-refractivity contribution >= 4 is 215 Å². The minimum Gasteiger partial charge on any atom is -0.486 e. The molecule has 0 bridgehead atoms. The Bertz CT molecular complexity index is 4680. The van der Waals surface area contributed by atoms with Crippen LogP contribution in [0.1, 0.15) is 116 Å². The van der Waals surface area contributed by atoms with Crippen LogP contribution in [0.4, 0.5) is 31.5 Å². The van der Waals surface area contributed by atoms with Crippen molar-refractivity contribution < 1.29 is 96.1 Å². The van der Waals surface area contributed by atoms with Crippen molar-refractivity contribution in [1.29, 1.82) is 0 Å². The Morgan fingerprint density at radius 1 is 0.374 bits per heavy atom. The number of carboxylic acid groups (broad SMARTS) is 4. The lowest BCUT2D eigenvalue weighted by Gasteiger charge is -2.15. The third-order valence-electron chi connectivity index (χ3n) is 15.4. The minimum atomic E-state index is -1.20. The number of aryl methyl sites for hydroxylation is 1. The standard InChI is InChI=1S/C20H19Br2ClN2O5.C20H20Cl3NO4.C20H19Cl2FN2O5.C19H18Br2FNO4/c1-10(2)19(28)25-15-5-3-4-11(17(15)23)9-30-18-13(21)6-12(7-14(18)22)20(29)24-8-16(26)27;1-11(2)20(27)24-16-5-3-4-13(18(16)23)10-28-19-14(21)8-12(9-15(19)22)6-7-17(25)26;1-10(2)19(28)25-15-5-3-4-11(17(15)23)9-30-18-13(21)6-12(7-14(18)22)20(29)24-8-16(26)27;1-10(2)19(26)23-15-5-3-4-12(17(15)22)9-27-18-13(20)6-11(7-14(18)21)8-16(24)25/h3-7,10H,8-9H2,1-2H3,(H,24,29)(H,25,28)(H,26,27);3-5,8-9,11H,6-7,10H2,1-2H3,(H,24,27)(H,25,26);3-7,10H,8-9H2,1-2H3,(H,24,29)(H,25,28)(H,26,27);3-7,10H,8-9H2,1-2H3,(H,23,26)(H,24,25). The average Bonchev–Trinajstić information content (AvgIpc) is 0.826. The SMILES string of the molecule is CC(C)C(=O)Nc1cccc(COc2c(Br)cc(C(=O)NCC(=O)O)cc2Br)c1Cl.CC(C)C(=O)Nc1cccc(COc2c(Br)cc(CC(=O)O)cc2Br)c1F.CC(C)C(=O)Nc1cccc(COc2c(Cl)cc(C(=O)NCC(=O)O)cc2Cl)c1F.CC(C)C(=O)Nc1cccc(COc2c(Cl)cc(CCC(=O)O)cc2Cl)c1Cl. The van der Waals surface area contributed by atoms with Crippen LogP contribution in [-0.4, -0.2) is 92.8 Å². The zero-order valence-corrected chi connectivity index (χ0v) is 73.1. The summed E-state index contributed by atoms with van der Waals surface area (Å²) in [4.78, 5) is 114. The van der Waals surface area contributed by atoms with E-state index in [0.29, 0.717) is 79.5 Å². The molecule has 8 aromatic carbocycles. The molecular weight excluding hydrogens is 1890 g/mol. The van der Waals surface area contributed by atoms with E-state index in [1.165, 1.54) is 42.5 Å². The van der Waals surface area contributed by atoms with E-state index in [4.69, 9.17) is 109 Å². The quantitative estimate of drug-likeness (QED) is 0.0193. The molecule has 8 rings (SSSR count). The second-order valence-corrected chi connectivity index (χ2v) is 31.6. The fraction of sp³-hybridized carbons (Fsp3) is 0.266. The molecule has 0 heterocycles. The highest BCUT2D eigenvalue weighted by Crippen LogP contribution is 2.41. The van der Waals surface area contributed by atoms with E-state index in [1.807, 2.05) is 0 Å². The van der Waals surface area contributed by atoms with Crippen LogP contribution >= 0.6 is 133 Å². The molecule has 0 saturated carbocycles. The molecule has 0 aliphatic rings. The monoisotopic (exact) mass is 1960 g/mol. The number of carbonyl (C=O) groups excluding carboxylic acids is 6. The molecule has 0 aliphatic heterocycles. The van der Waals surface area contributed by atoms with Crippen molar-refractivity contribution in [1.82, 2.24) is 10.6 Å². The molecule has 115 heavy (non-hydrogen) atoms. The predicted molar refractivity (Wildman–Crippen MR) is 451 cm³/mol. The smallest absolute Gasteiger partial charge is 0.322 e. The van der Waals surface area contributed by atoms with Gasteiger partial charge in [0.2, 0.25) is 23.6 Å². The van der Waals surface area contributed by atoms with Crippen LogP contribution in [0.3, 0.4) is 0 Å². The number of halogens is 12. The molecular formula is C79H76Br4Cl6F2N6O18. The Morgan fingerprint density at radius 2 is 0.670 bits per heavy atom. The van der Waals surface area contributed by atoms with E-state index in [9.17, 15) is 56.7 Å². The number of ether oxygens (including phenoxy) is 4. The summed E-state index contributed by atoms with van der Waals surface area (Å²) in [5.41, 5.74) is 4.51. The van der Waals surface area contributed by atoms with Crippen molar-refractivity contribution in [2.75, 3.05) is 34.4 Å². The summed E-state index contributed by atoms with van der Waals surface area (Å²) < 4.78 is 54.2. The maximum absolute atomic E-state index is 14.7. The molecule has 614 valence electrons. The summed E-state index contributed by atoms with van der Waals surface area (Å²) in [6, 6.07) is 31.8. The second kappa shape index (κ2) is 46.8. The molecule has 8 aromatic rings. The van der Waals surface area contributed by atoms with Crippen LogP contribution < -0.4 is 50.8 Å². The maximum Gasteiger partial charge on any atom is 0.322 e. The number of hydrogen-bond acceptors (Lipinski definition) is 14. The number of nitrogens with one attached hydrogen (secondary N) is 6. The molecule has 0 spiro atoms. The van der Waals surface area contributed by atoms with Crippen LogP contribution in [0.5, 0.6) is 23.0 Å². The molecule has 10 N–H and O–H groups in total. The predicted octanol–water partition coefficient (Wildman–Crippen LogP) is 20.0. The van der Waals surface area contributed by atoms with Crippen molar-refractivity contribution in [3.05, 3.63) is 225 Å². The van der Waals surface area contributed by atoms with Gasteiger partial charge in [-0.3, -0.25) is 47.9 Å². The molecule has 0 radical (unpaired) electrons. The number of anilines is 4. The zero-order valence-electron chi connectivity index (χ0n) is 62.3. The summed E-state index contributed by atoms with van der Waals surface area (Å²) in [5.74, 6) is -7.19. The zero-order chi connectivity index (χ0) is 85.8. The van der Waals surface area contributed by atoms with Crippen LogP contribution in [0, 0.1) is 35.3 Å². The highest BCUT2D eigenvalue weighted by molar-refractivity contribution is 9.11. The first kappa shape index (κ1) is 96.8. The number of hydrogen-bond donors (Lipinski definition) is 10. The molecule has 24 nitrogen and oxygen atoms in total. The largest absolute Gasteiger partial charge is 0.486 e. The van der Waals surface area contributed by atoms with Crippen LogP contribution in [0.25, 0.3) is 0 Å². The lowest BCUT2D eigenvalue weighted by molar-refractivity contribution is -0.137. The van der Waals surface area contributed by atoms with E-state index >= 15 is 0 Å². The fourth-order valence-electron chi connectivity index (χ4n) is 9.21. The van der Waals surface area contributed by atoms with Gasteiger partial charge in [-0.2, -0.15) is 0 Å². The third kappa shape index (κ3) is 31.0. The number of rotatable bonds is 31. The number of carbonyl (C=O) groups is 10. The lowest BCUT2D eigenvalue weighted by Crippen LogP contribution is -2.29. The molecule has 0 unspecified atom stereocenters. The van der Waals surface area contributed by atoms with E-state index in [2.05, 4.69) is 95.6 Å². The molecule has 0 fully saturated rings. The summed E-state index contributed by atoms with van der Waals surface area (Å²) in [6.45, 7) is 12.9. The van der Waals surface area contributed by atoms with Crippen LogP contribution in [-0.2, 0) is 77.6 Å². The Kier molecular flexibility index (Phi) is 39.4. The van der Waals surface area contributed by atoms with Gasteiger partial charge in [0.1, 0.15) is 51.0 Å². The Morgan fingerprint density at radius 3 is 1.00 bits per heavy atom. The summed E-state index contributed by atoms with van der Waals surface area (Å²) in [7, 11) is 0. The molecule has 36 heteroatoms. The normalized spacial score (nSPS) is 10.7. The number of amides is 6. The number of benzene rings is 8. The van der Waals surface area contributed by atoms with Gasteiger partial charge in [-0.05, 0) is 154 Å². The van der Waals surface area contributed by atoms with Gasteiger partial charge in [-0.25, -0.2) is 8.78 Å². The molecule has 6 amide bonds. The fourth-order valence-corrected chi connectivity index (χ4v) is 13.8. The Balaban J connectivity index is 0.000000274. The van der Waals surface area contributed by atoms with E-state index in [1.54, 1.807) is 134 Å². The number of carboxylic acids is 4. The Hall–Kier alpha value is -8.82. The highest BCUT2D eigenvalue weighted by Gasteiger charge is 2.23. The highest BCUT2D eigenvalue weighted by atomic mass is 79.9.